The molecule has 2 rings (SSSR count). The van der Waals surface area contributed by atoms with Crippen molar-refractivity contribution in [2.45, 2.75) is 17.9 Å². The molecular weight excluding hydrogens is 306 g/mol. The number of hydrogen-bond donors (Lipinski definition) is 0. The molecule has 1 aromatic carbocycles. The van der Waals surface area contributed by atoms with Crippen LogP contribution >= 0.6 is 11.3 Å². The Labute approximate surface area is 129 Å². The third kappa shape index (κ3) is 3.51. The normalized spacial score (nSPS) is 12.9. The van der Waals surface area contributed by atoms with E-state index in [0.29, 0.717) is 5.56 Å². The van der Waals surface area contributed by atoms with Crippen LogP contribution in [-0.4, -0.2) is 32.5 Å². The Bertz CT molecular complexity index is 719. The molecule has 21 heavy (non-hydrogen) atoms. The Morgan fingerprint density at radius 3 is 2.29 bits per heavy atom. The topological polar surface area (TPSA) is 54.5 Å². The second kappa shape index (κ2) is 5.99. The van der Waals surface area contributed by atoms with Gasteiger partial charge in [-0.2, -0.15) is 11.3 Å². The fourth-order valence-corrected chi connectivity index (χ4v) is 3.24. The van der Waals surface area contributed by atoms with E-state index in [0.717, 1.165) is 5.56 Å². The quantitative estimate of drug-likeness (QED) is 0.869. The molecule has 112 valence electrons. The van der Waals surface area contributed by atoms with Crippen LogP contribution in [0.1, 0.15) is 28.9 Å². The maximum atomic E-state index is 12.3. The van der Waals surface area contributed by atoms with E-state index in [2.05, 4.69) is 0 Å². The molecule has 0 spiro atoms. The molecule has 0 saturated carbocycles. The van der Waals surface area contributed by atoms with Crippen molar-refractivity contribution in [3.63, 3.8) is 0 Å². The highest BCUT2D eigenvalue weighted by atomic mass is 32.2. The van der Waals surface area contributed by atoms with Crippen molar-refractivity contribution in [1.82, 2.24) is 4.90 Å². The first-order valence-electron chi connectivity index (χ1n) is 6.40. The summed E-state index contributed by atoms with van der Waals surface area (Å²) in [4.78, 5) is 14.2. The van der Waals surface area contributed by atoms with Crippen LogP contribution in [0.3, 0.4) is 0 Å². The van der Waals surface area contributed by atoms with E-state index in [-0.39, 0.29) is 16.8 Å². The Kier molecular flexibility index (Phi) is 4.49. The van der Waals surface area contributed by atoms with E-state index in [1.807, 2.05) is 17.7 Å². The lowest BCUT2D eigenvalue weighted by Crippen LogP contribution is -2.29. The average molecular weight is 323 g/mol. The summed E-state index contributed by atoms with van der Waals surface area (Å²) >= 11 is 1.48. The molecule has 0 radical (unpaired) electrons. The molecule has 0 bridgehead atoms. The standard InChI is InChI=1S/C15H17NO3S2/c1-11(16(2)15(17)13-8-9-20-10-13)12-4-6-14(7-5-12)21(3,18)19/h4-11H,1-3H3. The minimum Gasteiger partial charge on any atom is -0.335 e. The predicted molar refractivity (Wildman–Crippen MR) is 84.4 cm³/mol. The van der Waals surface area contributed by atoms with Crippen molar-refractivity contribution < 1.29 is 13.2 Å². The zero-order chi connectivity index (χ0) is 15.6. The van der Waals surface area contributed by atoms with Crippen LogP contribution < -0.4 is 0 Å². The average Bonchev–Trinajstić information content (AvgIpc) is 2.98. The summed E-state index contributed by atoms with van der Waals surface area (Å²) in [5, 5.41) is 3.69. The third-order valence-electron chi connectivity index (χ3n) is 3.46. The van der Waals surface area contributed by atoms with Crippen LogP contribution in [0, 0.1) is 0 Å². The van der Waals surface area contributed by atoms with Gasteiger partial charge in [0.1, 0.15) is 0 Å². The molecular formula is C15H17NO3S2. The molecule has 2 aromatic rings. The number of sulfone groups is 1. The molecule has 0 fully saturated rings. The van der Waals surface area contributed by atoms with Gasteiger partial charge < -0.3 is 4.90 Å². The fraction of sp³-hybridized carbons (Fsp3) is 0.267. The van der Waals surface area contributed by atoms with Crippen molar-refractivity contribution >= 4 is 27.1 Å². The number of thiophene rings is 1. The van der Waals surface area contributed by atoms with E-state index >= 15 is 0 Å². The van der Waals surface area contributed by atoms with Crippen LogP contribution in [0.4, 0.5) is 0 Å². The number of nitrogens with zero attached hydrogens (tertiary/aromatic N) is 1. The zero-order valence-electron chi connectivity index (χ0n) is 12.1. The summed E-state index contributed by atoms with van der Waals surface area (Å²) in [6.45, 7) is 1.92. The fourth-order valence-electron chi connectivity index (χ4n) is 1.98. The van der Waals surface area contributed by atoms with Gasteiger partial charge >= 0.3 is 0 Å². The lowest BCUT2D eigenvalue weighted by molar-refractivity contribution is 0.0743. The molecule has 1 amide bonds. The first-order chi connectivity index (χ1) is 9.80. The molecule has 1 aromatic heterocycles. The molecule has 4 nitrogen and oxygen atoms in total. The zero-order valence-corrected chi connectivity index (χ0v) is 13.7. The number of rotatable bonds is 4. The highest BCUT2D eigenvalue weighted by molar-refractivity contribution is 7.90. The second-order valence-corrected chi connectivity index (χ2v) is 7.74. The molecule has 0 aliphatic heterocycles. The summed E-state index contributed by atoms with van der Waals surface area (Å²) in [5.41, 5.74) is 1.57. The van der Waals surface area contributed by atoms with Gasteiger partial charge in [0.15, 0.2) is 9.84 Å². The Hall–Kier alpha value is -1.66. The molecule has 1 unspecified atom stereocenters. The molecule has 0 aliphatic rings. The highest BCUT2D eigenvalue weighted by Crippen LogP contribution is 2.23. The van der Waals surface area contributed by atoms with Gasteiger partial charge in [0.05, 0.1) is 16.5 Å². The van der Waals surface area contributed by atoms with Gasteiger partial charge in [0.2, 0.25) is 0 Å². The van der Waals surface area contributed by atoms with Crippen LogP contribution in [0.2, 0.25) is 0 Å². The second-order valence-electron chi connectivity index (χ2n) is 4.95. The summed E-state index contributed by atoms with van der Waals surface area (Å²) in [6.07, 6.45) is 1.18. The third-order valence-corrected chi connectivity index (χ3v) is 5.27. The Morgan fingerprint density at radius 2 is 1.81 bits per heavy atom. The highest BCUT2D eigenvalue weighted by Gasteiger charge is 2.19. The lowest BCUT2D eigenvalue weighted by Gasteiger charge is -2.25. The minimum atomic E-state index is -3.20. The van der Waals surface area contributed by atoms with Crippen LogP contribution in [-0.2, 0) is 9.84 Å². The molecule has 1 heterocycles. The number of carbonyl (C=O) groups excluding carboxylic acids is 1. The smallest absolute Gasteiger partial charge is 0.254 e. The Morgan fingerprint density at radius 1 is 1.19 bits per heavy atom. The summed E-state index contributed by atoms with van der Waals surface area (Å²) in [7, 11) is -1.45. The first kappa shape index (κ1) is 15.7. The van der Waals surface area contributed by atoms with E-state index < -0.39 is 9.84 Å². The van der Waals surface area contributed by atoms with Gasteiger partial charge in [0, 0.05) is 18.7 Å². The maximum absolute atomic E-state index is 12.3. The van der Waals surface area contributed by atoms with Crippen LogP contribution in [0.25, 0.3) is 0 Å². The van der Waals surface area contributed by atoms with Crippen molar-refractivity contribution in [2.75, 3.05) is 13.3 Å². The Balaban J connectivity index is 2.20. The van der Waals surface area contributed by atoms with E-state index in [4.69, 9.17) is 0 Å². The maximum Gasteiger partial charge on any atom is 0.254 e. The predicted octanol–water partition coefficient (Wildman–Crippen LogP) is 2.98. The van der Waals surface area contributed by atoms with Crippen molar-refractivity contribution in [1.29, 1.82) is 0 Å². The molecule has 0 saturated heterocycles. The van der Waals surface area contributed by atoms with Crippen LogP contribution in [0.15, 0.2) is 46.0 Å². The van der Waals surface area contributed by atoms with Gasteiger partial charge in [-0.05, 0) is 36.1 Å². The van der Waals surface area contributed by atoms with Gasteiger partial charge in [-0.25, -0.2) is 8.42 Å². The lowest BCUT2D eigenvalue weighted by atomic mass is 10.1. The number of carbonyl (C=O) groups is 1. The summed E-state index contributed by atoms with van der Waals surface area (Å²) in [6, 6.07) is 8.31. The number of amides is 1. The molecule has 0 aliphatic carbocycles. The largest absolute Gasteiger partial charge is 0.335 e. The first-order valence-corrected chi connectivity index (χ1v) is 9.23. The van der Waals surface area contributed by atoms with Crippen molar-refractivity contribution in [2.24, 2.45) is 0 Å². The van der Waals surface area contributed by atoms with Gasteiger partial charge in [-0.15, -0.1) is 0 Å². The van der Waals surface area contributed by atoms with Gasteiger partial charge in [-0.1, -0.05) is 12.1 Å². The van der Waals surface area contributed by atoms with Crippen molar-refractivity contribution in [3.05, 3.63) is 52.2 Å². The van der Waals surface area contributed by atoms with Gasteiger partial charge in [0.25, 0.3) is 5.91 Å². The van der Waals surface area contributed by atoms with E-state index in [1.165, 1.54) is 17.6 Å². The molecule has 6 heteroatoms. The number of hydrogen-bond acceptors (Lipinski definition) is 4. The molecule has 0 N–H and O–H groups in total. The minimum absolute atomic E-state index is 0.0454. The van der Waals surface area contributed by atoms with Gasteiger partial charge in [-0.3, -0.25) is 4.79 Å². The summed E-state index contributed by atoms with van der Waals surface area (Å²) in [5.74, 6) is -0.0454. The van der Waals surface area contributed by atoms with E-state index in [1.54, 1.807) is 42.3 Å². The molecule has 1 atom stereocenters. The van der Waals surface area contributed by atoms with Crippen molar-refractivity contribution in [3.8, 4) is 0 Å². The monoisotopic (exact) mass is 323 g/mol. The number of benzene rings is 1. The van der Waals surface area contributed by atoms with E-state index in [9.17, 15) is 13.2 Å². The summed E-state index contributed by atoms with van der Waals surface area (Å²) < 4.78 is 22.9. The SMILES string of the molecule is CC(c1ccc(S(C)(=O)=O)cc1)N(C)C(=O)c1ccsc1. The van der Waals surface area contributed by atoms with Crippen LogP contribution in [0.5, 0.6) is 0 Å².